The summed E-state index contributed by atoms with van der Waals surface area (Å²) in [6.07, 6.45) is 0.538. The van der Waals surface area contributed by atoms with Crippen LogP contribution < -0.4 is 16.0 Å². The van der Waals surface area contributed by atoms with Gasteiger partial charge in [0.1, 0.15) is 11.6 Å². The first-order chi connectivity index (χ1) is 9.56. The van der Waals surface area contributed by atoms with Crippen LogP contribution in [0.3, 0.4) is 0 Å². The van der Waals surface area contributed by atoms with Crippen LogP contribution in [0.1, 0.15) is 22.6 Å². The second-order valence-electron chi connectivity index (χ2n) is 4.81. The van der Waals surface area contributed by atoms with E-state index in [0.29, 0.717) is 24.5 Å². The lowest BCUT2D eigenvalue weighted by Crippen LogP contribution is -2.16. The number of nitrogens with zero attached hydrogens (tertiary/aromatic N) is 1. The fourth-order valence-corrected chi connectivity index (χ4v) is 2.07. The second kappa shape index (κ2) is 6.34. The Bertz CT molecular complexity index is 630. The van der Waals surface area contributed by atoms with Crippen molar-refractivity contribution in [1.29, 1.82) is 0 Å². The molecule has 0 atom stereocenters. The third-order valence-electron chi connectivity index (χ3n) is 2.86. The van der Waals surface area contributed by atoms with Gasteiger partial charge in [-0.25, -0.2) is 4.98 Å². The summed E-state index contributed by atoms with van der Waals surface area (Å²) in [5.74, 6) is 1.43. The smallest absolute Gasteiger partial charge is 0.251 e. The highest BCUT2D eigenvalue weighted by molar-refractivity contribution is 5.32. The maximum atomic E-state index is 11.4. The quantitative estimate of drug-likeness (QED) is 0.864. The van der Waals surface area contributed by atoms with E-state index in [0.717, 1.165) is 16.9 Å². The fourth-order valence-electron chi connectivity index (χ4n) is 2.07. The van der Waals surface area contributed by atoms with Crippen molar-refractivity contribution in [1.82, 2.24) is 9.97 Å². The van der Waals surface area contributed by atoms with Gasteiger partial charge in [0.25, 0.3) is 5.56 Å². The number of rotatable bonds is 5. The molecule has 0 spiro atoms. The number of nitrogens with two attached hydrogens (primary N) is 1. The Morgan fingerprint density at radius 1 is 1.20 bits per heavy atom. The molecule has 5 nitrogen and oxygen atoms in total. The third-order valence-corrected chi connectivity index (χ3v) is 2.86. The minimum atomic E-state index is -0.179. The van der Waals surface area contributed by atoms with E-state index in [1.54, 1.807) is 0 Å². The standard InChI is InChI=1S/C15H19N3O2/c1-10-5-11(2)7-13(6-10)20-4-3-14-17-12(9-16)8-15(19)18-14/h5-8H,3-4,9,16H2,1-2H3,(H,17,18,19). The van der Waals surface area contributed by atoms with Gasteiger partial charge in [0.15, 0.2) is 0 Å². The Hall–Kier alpha value is -2.14. The van der Waals surface area contributed by atoms with Crippen molar-refractivity contribution in [3.05, 3.63) is 57.3 Å². The van der Waals surface area contributed by atoms with Crippen LogP contribution in [-0.2, 0) is 13.0 Å². The van der Waals surface area contributed by atoms with Crippen LogP contribution in [-0.4, -0.2) is 16.6 Å². The van der Waals surface area contributed by atoms with E-state index < -0.39 is 0 Å². The first-order valence-corrected chi connectivity index (χ1v) is 6.57. The van der Waals surface area contributed by atoms with Crippen molar-refractivity contribution in [3.8, 4) is 5.75 Å². The molecule has 0 saturated carbocycles. The molecular weight excluding hydrogens is 254 g/mol. The van der Waals surface area contributed by atoms with Gasteiger partial charge in [-0.3, -0.25) is 4.79 Å². The second-order valence-corrected chi connectivity index (χ2v) is 4.81. The third kappa shape index (κ3) is 3.93. The number of hydrogen-bond donors (Lipinski definition) is 2. The molecule has 0 unspecified atom stereocenters. The van der Waals surface area contributed by atoms with E-state index in [2.05, 4.69) is 16.0 Å². The number of ether oxygens (including phenoxy) is 1. The molecule has 0 aliphatic heterocycles. The van der Waals surface area contributed by atoms with Crippen LogP contribution in [0.5, 0.6) is 5.75 Å². The van der Waals surface area contributed by atoms with E-state index in [-0.39, 0.29) is 12.1 Å². The van der Waals surface area contributed by atoms with Crippen molar-refractivity contribution in [2.45, 2.75) is 26.8 Å². The molecule has 1 aromatic carbocycles. The monoisotopic (exact) mass is 273 g/mol. The first-order valence-electron chi connectivity index (χ1n) is 6.57. The summed E-state index contributed by atoms with van der Waals surface area (Å²) in [5.41, 5.74) is 8.24. The Labute approximate surface area is 117 Å². The van der Waals surface area contributed by atoms with Crippen molar-refractivity contribution in [2.24, 2.45) is 5.73 Å². The molecule has 0 bridgehead atoms. The summed E-state index contributed by atoms with van der Waals surface area (Å²) in [5, 5.41) is 0. The number of hydrogen-bond acceptors (Lipinski definition) is 4. The number of aromatic nitrogens is 2. The van der Waals surface area contributed by atoms with Gasteiger partial charge < -0.3 is 15.5 Å². The van der Waals surface area contributed by atoms with E-state index in [4.69, 9.17) is 10.5 Å². The maximum Gasteiger partial charge on any atom is 0.251 e. The van der Waals surface area contributed by atoms with Crippen LogP contribution in [0.4, 0.5) is 0 Å². The predicted molar refractivity (Wildman–Crippen MR) is 77.9 cm³/mol. The van der Waals surface area contributed by atoms with Gasteiger partial charge in [-0.1, -0.05) is 6.07 Å². The van der Waals surface area contributed by atoms with Crippen molar-refractivity contribution < 1.29 is 4.74 Å². The normalized spacial score (nSPS) is 10.6. The number of benzene rings is 1. The number of aromatic amines is 1. The highest BCUT2D eigenvalue weighted by Gasteiger charge is 2.02. The average Bonchev–Trinajstić information content (AvgIpc) is 2.37. The van der Waals surface area contributed by atoms with Crippen molar-refractivity contribution in [2.75, 3.05) is 6.61 Å². The van der Waals surface area contributed by atoms with Crippen LogP contribution in [0.2, 0.25) is 0 Å². The lowest BCUT2D eigenvalue weighted by Gasteiger charge is -2.08. The van der Waals surface area contributed by atoms with Crippen molar-refractivity contribution in [3.63, 3.8) is 0 Å². The molecule has 2 aromatic rings. The lowest BCUT2D eigenvalue weighted by molar-refractivity contribution is 0.318. The molecule has 106 valence electrons. The highest BCUT2D eigenvalue weighted by atomic mass is 16.5. The minimum absolute atomic E-state index is 0.179. The number of nitrogens with one attached hydrogen (secondary N) is 1. The van der Waals surface area contributed by atoms with E-state index in [1.807, 2.05) is 26.0 Å². The molecule has 0 aliphatic carbocycles. The molecule has 0 saturated heterocycles. The molecule has 0 aliphatic rings. The first kappa shape index (κ1) is 14.3. The zero-order chi connectivity index (χ0) is 14.5. The lowest BCUT2D eigenvalue weighted by atomic mass is 10.1. The van der Waals surface area contributed by atoms with Crippen molar-refractivity contribution >= 4 is 0 Å². The van der Waals surface area contributed by atoms with Crippen LogP contribution in [0, 0.1) is 13.8 Å². The van der Waals surface area contributed by atoms with E-state index in [9.17, 15) is 4.79 Å². The minimum Gasteiger partial charge on any atom is -0.493 e. The van der Waals surface area contributed by atoms with Gasteiger partial charge in [-0.2, -0.15) is 0 Å². The van der Waals surface area contributed by atoms with Gasteiger partial charge in [0.2, 0.25) is 0 Å². The topological polar surface area (TPSA) is 81.0 Å². The van der Waals surface area contributed by atoms with E-state index >= 15 is 0 Å². The van der Waals surface area contributed by atoms with Gasteiger partial charge in [0, 0.05) is 19.0 Å². The Balaban J connectivity index is 1.99. The Morgan fingerprint density at radius 3 is 2.55 bits per heavy atom. The molecule has 0 amide bonds. The van der Waals surface area contributed by atoms with Gasteiger partial charge in [-0.15, -0.1) is 0 Å². The molecular formula is C15H19N3O2. The predicted octanol–water partition coefficient (Wildman–Crippen LogP) is 1.47. The molecule has 0 fully saturated rings. The van der Waals surface area contributed by atoms with E-state index in [1.165, 1.54) is 6.07 Å². The van der Waals surface area contributed by atoms with Crippen LogP contribution in [0.25, 0.3) is 0 Å². The molecule has 2 rings (SSSR count). The molecule has 20 heavy (non-hydrogen) atoms. The Morgan fingerprint density at radius 2 is 1.90 bits per heavy atom. The van der Waals surface area contributed by atoms with Crippen LogP contribution >= 0.6 is 0 Å². The van der Waals surface area contributed by atoms with Gasteiger partial charge in [-0.05, 0) is 37.1 Å². The van der Waals surface area contributed by atoms with Gasteiger partial charge in [0.05, 0.1) is 12.3 Å². The summed E-state index contributed by atoms with van der Waals surface area (Å²) in [4.78, 5) is 18.3. The molecule has 1 heterocycles. The van der Waals surface area contributed by atoms with Gasteiger partial charge >= 0.3 is 0 Å². The SMILES string of the molecule is Cc1cc(C)cc(OCCc2nc(CN)cc(=O)[nH]2)c1. The zero-order valence-electron chi connectivity index (χ0n) is 11.8. The average molecular weight is 273 g/mol. The zero-order valence-corrected chi connectivity index (χ0v) is 11.8. The van der Waals surface area contributed by atoms with Crippen LogP contribution in [0.15, 0.2) is 29.1 Å². The molecule has 3 N–H and O–H groups in total. The largest absolute Gasteiger partial charge is 0.493 e. The summed E-state index contributed by atoms with van der Waals surface area (Å²) in [6, 6.07) is 7.48. The summed E-state index contributed by atoms with van der Waals surface area (Å²) in [6.45, 7) is 4.78. The summed E-state index contributed by atoms with van der Waals surface area (Å²) in [7, 11) is 0. The molecule has 0 radical (unpaired) electrons. The summed E-state index contributed by atoms with van der Waals surface area (Å²) >= 11 is 0. The Kier molecular flexibility index (Phi) is 4.53. The number of H-pyrrole nitrogens is 1. The molecule has 1 aromatic heterocycles. The maximum absolute atomic E-state index is 11.4. The molecule has 5 heteroatoms. The summed E-state index contributed by atoms with van der Waals surface area (Å²) < 4.78 is 5.69. The number of aryl methyl sites for hydroxylation is 2. The fraction of sp³-hybridized carbons (Fsp3) is 0.333. The highest BCUT2D eigenvalue weighted by Crippen LogP contribution is 2.16.